The molecule has 0 aliphatic heterocycles. The number of aromatic carboxylic acids is 1. The molecule has 0 spiro atoms. The third kappa shape index (κ3) is 2.78. The molecule has 0 saturated heterocycles. The highest BCUT2D eigenvalue weighted by Crippen LogP contribution is 2.21. The summed E-state index contributed by atoms with van der Waals surface area (Å²) in [5.74, 6) is -1.71. The van der Waals surface area contributed by atoms with Gasteiger partial charge in [-0.1, -0.05) is 22.9 Å². The van der Waals surface area contributed by atoms with Crippen molar-refractivity contribution in [3.63, 3.8) is 0 Å². The summed E-state index contributed by atoms with van der Waals surface area (Å²) in [7, 11) is 1.42. The molecule has 0 aliphatic carbocycles. The molecule has 0 radical (unpaired) electrons. The van der Waals surface area contributed by atoms with Gasteiger partial charge in [-0.15, -0.1) is 5.10 Å². The van der Waals surface area contributed by atoms with Crippen molar-refractivity contribution in [3.05, 3.63) is 46.0 Å². The van der Waals surface area contributed by atoms with Gasteiger partial charge < -0.3 is 9.84 Å². The van der Waals surface area contributed by atoms with Crippen LogP contribution in [0.1, 0.15) is 21.7 Å². The van der Waals surface area contributed by atoms with Crippen molar-refractivity contribution in [1.82, 2.24) is 15.0 Å². The van der Waals surface area contributed by atoms with E-state index in [9.17, 15) is 9.18 Å². The fraction of sp³-hybridized carbons (Fsp3) is 0.250. The number of nitrogens with zero attached hydrogens (tertiary/aromatic N) is 3. The van der Waals surface area contributed by atoms with Gasteiger partial charge in [0.2, 0.25) is 0 Å². The monoisotopic (exact) mass is 299 g/mol. The molecule has 6 nitrogen and oxygen atoms in total. The summed E-state index contributed by atoms with van der Waals surface area (Å²) in [5, 5.41) is 16.5. The Morgan fingerprint density at radius 3 is 2.90 bits per heavy atom. The van der Waals surface area contributed by atoms with Crippen molar-refractivity contribution >= 4 is 17.6 Å². The van der Waals surface area contributed by atoms with Crippen LogP contribution in [0.3, 0.4) is 0 Å². The molecule has 106 valence electrons. The van der Waals surface area contributed by atoms with Crippen molar-refractivity contribution in [1.29, 1.82) is 0 Å². The molecule has 20 heavy (non-hydrogen) atoms. The van der Waals surface area contributed by atoms with Crippen LogP contribution in [0.25, 0.3) is 0 Å². The molecule has 1 aromatic carbocycles. The number of carboxylic acids is 1. The highest BCUT2D eigenvalue weighted by atomic mass is 35.5. The Kier molecular flexibility index (Phi) is 4.31. The summed E-state index contributed by atoms with van der Waals surface area (Å²) in [6.45, 7) is -0.0226. The normalized spacial score (nSPS) is 10.8. The molecule has 0 amide bonds. The van der Waals surface area contributed by atoms with Crippen LogP contribution in [0.5, 0.6) is 0 Å². The first-order valence-corrected chi connectivity index (χ1v) is 6.00. The number of hydrogen-bond donors (Lipinski definition) is 1. The summed E-state index contributed by atoms with van der Waals surface area (Å²) >= 11 is 5.93. The van der Waals surface area contributed by atoms with E-state index >= 15 is 0 Å². The van der Waals surface area contributed by atoms with Crippen LogP contribution in [-0.4, -0.2) is 33.2 Å². The van der Waals surface area contributed by atoms with Gasteiger partial charge in [0.1, 0.15) is 5.82 Å². The number of aromatic nitrogens is 3. The summed E-state index contributed by atoms with van der Waals surface area (Å²) in [5.41, 5.74) is 0.243. The second-order valence-electron chi connectivity index (χ2n) is 3.98. The second-order valence-corrected chi connectivity index (χ2v) is 4.39. The molecule has 0 bridgehead atoms. The zero-order valence-electron chi connectivity index (χ0n) is 10.5. The third-order valence-corrected chi connectivity index (χ3v) is 3.04. The lowest BCUT2D eigenvalue weighted by Gasteiger charge is -2.08. The summed E-state index contributed by atoms with van der Waals surface area (Å²) in [6, 6.07) is 4.30. The van der Waals surface area contributed by atoms with Crippen LogP contribution in [0, 0.1) is 5.82 Å². The lowest BCUT2D eigenvalue weighted by molar-refractivity contribution is 0.0684. The van der Waals surface area contributed by atoms with E-state index in [2.05, 4.69) is 10.3 Å². The number of hydrogen-bond acceptors (Lipinski definition) is 4. The van der Waals surface area contributed by atoms with Crippen LogP contribution >= 0.6 is 11.6 Å². The Hall–Kier alpha value is -1.99. The maximum Gasteiger partial charge on any atom is 0.358 e. The standard InChI is InChI=1S/C12H11ClFN3O3/c1-20-6-10-11(12(18)19)15-16-17(10)5-7-8(13)3-2-4-9(7)14/h2-4H,5-6H2,1H3,(H,18,19). The van der Waals surface area contributed by atoms with Gasteiger partial charge in [-0.2, -0.15) is 0 Å². The molecule has 0 aliphatic rings. The topological polar surface area (TPSA) is 77.2 Å². The smallest absolute Gasteiger partial charge is 0.358 e. The molecule has 2 rings (SSSR count). The number of halogens is 2. The molecule has 0 unspecified atom stereocenters. The Balaban J connectivity index is 2.41. The predicted octanol–water partition coefficient (Wildman–Crippen LogP) is 1.96. The molecule has 0 fully saturated rings. The van der Waals surface area contributed by atoms with E-state index in [0.29, 0.717) is 0 Å². The maximum absolute atomic E-state index is 13.7. The minimum Gasteiger partial charge on any atom is -0.476 e. The first-order chi connectivity index (χ1) is 9.54. The van der Waals surface area contributed by atoms with Crippen LogP contribution in [0.4, 0.5) is 4.39 Å². The van der Waals surface area contributed by atoms with E-state index < -0.39 is 11.8 Å². The van der Waals surface area contributed by atoms with E-state index in [0.717, 1.165) is 0 Å². The van der Waals surface area contributed by atoms with Gasteiger partial charge in [0, 0.05) is 17.7 Å². The molecule has 2 aromatic rings. The molecule has 8 heteroatoms. The third-order valence-electron chi connectivity index (χ3n) is 2.69. The number of ether oxygens (including phenoxy) is 1. The maximum atomic E-state index is 13.7. The predicted molar refractivity (Wildman–Crippen MR) is 68.2 cm³/mol. The average molecular weight is 300 g/mol. The van der Waals surface area contributed by atoms with Gasteiger partial charge in [0.15, 0.2) is 5.69 Å². The van der Waals surface area contributed by atoms with Crippen molar-refractivity contribution in [3.8, 4) is 0 Å². The molecule has 1 aromatic heterocycles. The van der Waals surface area contributed by atoms with Gasteiger partial charge in [0.05, 0.1) is 18.8 Å². The summed E-state index contributed by atoms with van der Waals surface area (Å²) < 4.78 is 19.9. The number of carboxylic acid groups (broad SMARTS) is 1. The van der Waals surface area contributed by atoms with Crippen LogP contribution < -0.4 is 0 Å². The van der Waals surface area contributed by atoms with Gasteiger partial charge >= 0.3 is 5.97 Å². The summed E-state index contributed by atoms with van der Waals surface area (Å²) in [6.07, 6.45) is 0. The number of benzene rings is 1. The number of methoxy groups -OCH3 is 1. The van der Waals surface area contributed by atoms with Gasteiger partial charge in [-0.25, -0.2) is 13.9 Å². The first kappa shape index (κ1) is 14.4. The molecule has 0 saturated carbocycles. The highest BCUT2D eigenvalue weighted by Gasteiger charge is 2.20. The van der Waals surface area contributed by atoms with Crippen LogP contribution in [0.2, 0.25) is 5.02 Å². The SMILES string of the molecule is COCc1c(C(=O)O)nnn1Cc1c(F)cccc1Cl. The average Bonchev–Trinajstić information content (AvgIpc) is 2.78. The largest absolute Gasteiger partial charge is 0.476 e. The Morgan fingerprint density at radius 1 is 1.55 bits per heavy atom. The van der Waals surface area contributed by atoms with Gasteiger partial charge in [-0.3, -0.25) is 0 Å². The van der Waals surface area contributed by atoms with E-state index in [1.165, 1.54) is 23.9 Å². The quantitative estimate of drug-likeness (QED) is 0.913. The van der Waals surface area contributed by atoms with Crippen molar-refractivity contribution in [2.45, 2.75) is 13.2 Å². The van der Waals surface area contributed by atoms with E-state index in [4.69, 9.17) is 21.4 Å². The minimum atomic E-state index is -1.22. The fourth-order valence-electron chi connectivity index (χ4n) is 1.74. The van der Waals surface area contributed by atoms with Crippen LogP contribution in [-0.2, 0) is 17.9 Å². The lowest BCUT2D eigenvalue weighted by atomic mass is 10.2. The molecule has 0 atom stereocenters. The van der Waals surface area contributed by atoms with E-state index in [1.807, 2.05) is 0 Å². The van der Waals surface area contributed by atoms with E-state index in [1.54, 1.807) is 6.07 Å². The number of carbonyl (C=O) groups is 1. The molecular formula is C12H11ClFN3O3. The Labute approximate surface area is 118 Å². The zero-order chi connectivity index (χ0) is 14.7. The molecular weight excluding hydrogens is 289 g/mol. The first-order valence-electron chi connectivity index (χ1n) is 5.62. The van der Waals surface area contributed by atoms with Crippen LogP contribution in [0.15, 0.2) is 18.2 Å². The Morgan fingerprint density at radius 2 is 2.30 bits per heavy atom. The highest BCUT2D eigenvalue weighted by molar-refractivity contribution is 6.31. The lowest BCUT2D eigenvalue weighted by Crippen LogP contribution is -2.11. The summed E-state index contributed by atoms with van der Waals surface area (Å²) in [4.78, 5) is 11.0. The van der Waals surface area contributed by atoms with Crippen molar-refractivity contribution in [2.24, 2.45) is 0 Å². The van der Waals surface area contributed by atoms with Gasteiger partial charge in [-0.05, 0) is 12.1 Å². The Bertz CT molecular complexity index is 625. The molecule has 1 heterocycles. The van der Waals surface area contributed by atoms with Crippen molar-refractivity contribution in [2.75, 3.05) is 7.11 Å². The zero-order valence-corrected chi connectivity index (χ0v) is 11.3. The van der Waals surface area contributed by atoms with Crippen molar-refractivity contribution < 1.29 is 19.0 Å². The minimum absolute atomic E-state index is 0.000699. The van der Waals surface area contributed by atoms with E-state index in [-0.39, 0.29) is 35.1 Å². The molecule has 1 N–H and O–H groups in total. The van der Waals surface area contributed by atoms with Gasteiger partial charge in [0.25, 0.3) is 0 Å². The second kappa shape index (κ2) is 5.98. The number of rotatable bonds is 5. The fourth-order valence-corrected chi connectivity index (χ4v) is 1.96.